The monoisotopic (exact) mass is 398 g/mol. The molecule has 1 aliphatic carbocycles. The minimum Gasteiger partial charge on any atom is -0.447 e. The van der Waals surface area contributed by atoms with Crippen LogP contribution < -0.4 is 5.32 Å². The van der Waals surface area contributed by atoms with Crippen LogP contribution >= 0.6 is 22.9 Å². The maximum atomic E-state index is 12.5. The molecule has 5 nitrogen and oxygen atoms in total. The molecule has 2 amide bonds. The van der Waals surface area contributed by atoms with Gasteiger partial charge in [-0.05, 0) is 69.9 Å². The van der Waals surface area contributed by atoms with Crippen LogP contribution in [-0.2, 0) is 4.74 Å². The predicted molar refractivity (Wildman–Crippen MR) is 104 cm³/mol. The first-order valence-electron chi connectivity index (χ1n) is 9.44. The Morgan fingerprint density at radius 1 is 1.27 bits per heavy atom. The minimum atomic E-state index is -0.208. The highest BCUT2D eigenvalue weighted by molar-refractivity contribution is 7.18. The van der Waals surface area contributed by atoms with Gasteiger partial charge in [-0.1, -0.05) is 11.6 Å². The Balaban J connectivity index is 1.49. The number of piperidine rings is 1. The first-order chi connectivity index (χ1) is 12.4. The second-order valence-electron chi connectivity index (χ2n) is 7.62. The molecule has 0 unspecified atom stereocenters. The number of likely N-dealkylation sites (tertiary alicyclic amines) is 1. The molecule has 2 fully saturated rings. The molecule has 0 bridgehead atoms. The van der Waals surface area contributed by atoms with Gasteiger partial charge in [-0.2, -0.15) is 0 Å². The summed E-state index contributed by atoms with van der Waals surface area (Å²) in [6.07, 6.45) is 5.02. The zero-order valence-electron chi connectivity index (χ0n) is 15.4. The van der Waals surface area contributed by atoms with Gasteiger partial charge >= 0.3 is 6.09 Å². The van der Waals surface area contributed by atoms with E-state index in [0.717, 1.165) is 32.4 Å². The molecule has 1 N–H and O–H groups in total. The number of thiophene rings is 1. The van der Waals surface area contributed by atoms with Crippen molar-refractivity contribution in [1.82, 2.24) is 10.2 Å². The van der Waals surface area contributed by atoms with Crippen molar-refractivity contribution in [2.45, 2.75) is 58.1 Å². The zero-order valence-corrected chi connectivity index (χ0v) is 16.9. The molecule has 0 radical (unpaired) electrons. The minimum absolute atomic E-state index is 0.0169. The molecule has 0 aromatic carbocycles. The Morgan fingerprint density at radius 3 is 2.50 bits per heavy atom. The van der Waals surface area contributed by atoms with E-state index in [9.17, 15) is 9.59 Å². The van der Waals surface area contributed by atoms with E-state index < -0.39 is 0 Å². The van der Waals surface area contributed by atoms with Gasteiger partial charge in [-0.15, -0.1) is 11.3 Å². The number of halogens is 1. The van der Waals surface area contributed by atoms with Gasteiger partial charge in [0, 0.05) is 19.1 Å². The number of rotatable bonds is 6. The Hall–Kier alpha value is -1.27. The van der Waals surface area contributed by atoms with E-state index in [0.29, 0.717) is 21.0 Å². The molecule has 2 heterocycles. The molecular weight excluding hydrogens is 372 g/mol. The van der Waals surface area contributed by atoms with Crippen LogP contribution in [0.1, 0.15) is 55.6 Å². The van der Waals surface area contributed by atoms with Gasteiger partial charge in [0.05, 0.1) is 15.3 Å². The summed E-state index contributed by atoms with van der Waals surface area (Å²) in [6, 6.07) is 3.77. The third-order valence-corrected chi connectivity index (χ3v) is 6.33. The molecule has 1 saturated carbocycles. The highest BCUT2D eigenvalue weighted by atomic mass is 35.5. The second kappa shape index (κ2) is 8.61. The van der Waals surface area contributed by atoms with Crippen molar-refractivity contribution in [2.75, 3.05) is 13.1 Å². The third kappa shape index (κ3) is 5.36. The van der Waals surface area contributed by atoms with Gasteiger partial charge in [0.1, 0.15) is 0 Å². The number of nitrogens with zero attached hydrogens (tertiary/aromatic N) is 1. The van der Waals surface area contributed by atoms with Crippen LogP contribution in [0.3, 0.4) is 0 Å². The van der Waals surface area contributed by atoms with E-state index in [-0.39, 0.29) is 24.1 Å². The lowest BCUT2D eigenvalue weighted by atomic mass is 9.88. The molecule has 1 saturated heterocycles. The third-order valence-electron chi connectivity index (χ3n) is 5.10. The normalized spacial score (nSPS) is 19.5. The maximum Gasteiger partial charge on any atom is 0.410 e. The Bertz CT molecular complexity index is 636. The van der Waals surface area contributed by atoms with E-state index in [4.69, 9.17) is 16.3 Å². The second-order valence-corrected chi connectivity index (χ2v) is 9.33. The molecule has 144 valence electrons. The fraction of sp³-hybridized carbons (Fsp3) is 0.684. The number of carbonyl (C=O) groups excluding carboxylic acids is 2. The first kappa shape index (κ1) is 19.5. The summed E-state index contributed by atoms with van der Waals surface area (Å²) in [5.41, 5.74) is 0. The topological polar surface area (TPSA) is 58.6 Å². The number of carbonyl (C=O) groups is 2. The molecule has 3 rings (SSSR count). The Morgan fingerprint density at radius 2 is 1.96 bits per heavy atom. The number of hydrogen-bond donors (Lipinski definition) is 1. The van der Waals surface area contributed by atoms with Crippen molar-refractivity contribution in [3.63, 3.8) is 0 Å². The molecule has 1 atom stereocenters. The molecule has 7 heteroatoms. The summed E-state index contributed by atoms with van der Waals surface area (Å²) in [5.74, 6) is 1.12. The van der Waals surface area contributed by atoms with E-state index in [1.54, 1.807) is 17.0 Å². The predicted octanol–water partition coefficient (Wildman–Crippen LogP) is 4.56. The molecule has 1 aliphatic heterocycles. The van der Waals surface area contributed by atoms with E-state index >= 15 is 0 Å². The van der Waals surface area contributed by atoms with E-state index in [1.165, 1.54) is 24.2 Å². The quantitative estimate of drug-likeness (QED) is 0.764. The lowest BCUT2D eigenvalue weighted by Gasteiger charge is -2.33. The zero-order chi connectivity index (χ0) is 18.7. The summed E-state index contributed by atoms with van der Waals surface area (Å²) in [4.78, 5) is 26.9. The molecular formula is C19H27ClN2O3S. The van der Waals surface area contributed by atoms with Crippen LogP contribution in [0.5, 0.6) is 0 Å². The van der Waals surface area contributed by atoms with Crippen molar-refractivity contribution in [3.05, 3.63) is 21.3 Å². The number of amides is 2. The van der Waals surface area contributed by atoms with Crippen molar-refractivity contribution in [3.8, 4) is 0 Å². The summed E-state index contributed by atoms with van der Waals surface area (Å²) < 4.78 is 5.92. The van der Waals surface area contributed by atoms with Crippen molar-refractivity contribution < 1.29 is 14.3 Å². The molecule has 1 aromatic heterocycles. The molecule has 2 aliphatic rings. The van der Waals surface area contributed by atoms with Crippen LogP contribution in [0.4, 0.5) is 4.79 Å². The largest absolute Gasteiger partial charge is 0.447 e. The number of ether oxygens (including phenoxy) is 1. The average Bonchev–Trinajstić information content (AvgIpc) is 3.35. The first-order valence-corrected chi connectivity index (χ1v) is 10.6. The smallest absolute Gasteiger partial charge is 0.410 e. The fourth-order valence-corrected chi connectivity index (χ4v) is 4.48. The van der Waals surface area contributed by atoms with Gasteiger partial charge < -0.3 is 15.0 Å². The SMILES string of the molecule is CC(C)OC(=O)N1CCC(C[C@@H](NC(=O)c2ccc(Cl)s2)C2CC2)CC1. The lowest BCUT2D eigenvalue weighted by molar-refractivity contribution is 0.0637. The molecule has 0 spiro atoms. The van der Waals surface area contributed by atoms with Crippen molar-refractivity contribution >= 4 is 34.9 Å². The van der Waals surface area contributed by atoms with Gasteiger partial charge in [0.25, 0.3) is 5.91 Å². The fourth-order valence-electron chi connectivity index (χ4n) is 3.53. The van der Waals surface area contributed by atoms with Crippen LogP contribution in [-0.4, -0.2) is 42.1 Å². The maximum absolute atomic E-state index is 12.5. The lowest BCUT2D eigenvalue weighted by Crippen LogP contribution is -2.42. The average molecular weight is 399 g/mol. The van der Waals surface area contributed by atoms with Crippen LogP contribution in [0.2, 0.25) is 4.34 Å². The van der Waals surface area contributed by atoms with Crippen LogP contribution in [0, 0.1) is 11.8 Å². The Labute approximate surface area is 164 Å². The van der Waals surface area contributed by atoms with E-state index in [2.05, 4.69) is 5.32 Å². The van der Waals surface area contributed by atoms with Gasteiger partial charge in [0.15, 0.2) is 0 Å². The highest BCUT2D eigenvalue weighted by Gasteiger charge is 2.35. The number of hydrogen-bond acceptors (Lipinski definition) is 4. The summed E-state index contributed by atoms with van der Waals surface area (Å²) in [6.45, 7) is 5.22. The Kier molecular flexibility index (Phi) is 6.46. The number of nitrogens with one attached hydrogen (secondary N) is 1. The summed E-state index contributed by atoms with van der Waals surface area (Å²) in [5, 5.41) is 3.22. The molecule has 26 heavy (non-hydrogen) atoms. The summed E-state index contributed by atoms with van der Waals surface area (Å²) >= 11 is 7.26. The summed E-state index contributed by atoms with van der Waals surface area (Å²) in [7, 11) is 0. The standard InChI is InChI=1S/C19H27ClN2O3S/c1-12(2)25-19(24)22-9-7-13(8-10-22)11-15(14-3-4-14)21-18(23)16-5-6-17(20)26-16/h5-6,12-15H,3-4,7-11H2,1-2H3,(H,21,23)/t15-/m1/s1. The van der Waals surface area contributed by atoms with Gasteiger partial charge in [-0.25, -0.2) is 4.79 Å². The van der Waals surface area contributed by atoms with E-state index in [1.807, 2.05) is 13.8 Å². The van der Waals surface area contributed by atoms with Crippen molar-refractivity contribution in [1.29, 1.82) is 0 Å². The van der Waals surface area contributed by atoms with Crippen LogP contribution in [0.25, 0.3) is 0 Å². The van der Waals surface area contributed by atoms with Crippen LogP contribution in [0.15, 0.2) is 12.1 Å². The van der Waals surface area contributed by atoms with Gasteiger partial charge in [0.2, 0.25) is 0 Å². The van der Waals surface area contributed by atoms with Gasteiger partial charge in [-0.3, -0.25) is 4.79 Å². The molecule has 1 aromatic rings. The highest BCUT2D eigenvalue weighted by Crippen LogP contribution is 2.37. The van der Waals surface area contributed by atoms with Crippen molar-refractivity contribution in [2.24, 2.45) is 11.8 Å².